The minimum Gasteiger partial charge on any atom is -0.493 e. The van der Waals surface area contributed by atoms with E-state index in [0.29, 0.717) is 40.0 Å². The van der Waals surface area contributed by atoms with E-state index in [1.807, 2.05) is 13.8 Å². The van der Waals surface area contributed by atoms with Crippen LogP contribution in [0.15, 0.2) is 34.2 Å². The van der Waals surface area contributed by atoms with Gasteiger partial charge in [0.2, 0.25) is 15.9 Å². The van der Waals surface area contributed by atoms with Crippen LogP contribution >= 0.6 is 11.3 Å². The Labute approximate surface area is 213 Å². The molecule has 2 aromatic heterocycles. The van der Waals surface area contributed by atoms with Gasteiger partial charge in [0.1, 0.15) is 16.3 Å². The first-order chi connectivity index (χ1) is 17.0. The predicted octanol–water partition coefficient (Wildman–Crippen LogP) is 3.09. The predicted molar refractivity (Wildman–Crippen MR) is 138 cm³/mol. The van der Waals surface area contributed by atoms with E-state index < -0.39 is 21.5 Å². The van der Waals surface area contributed by atoms with Crippen molar-refractivity contribution in [3.05, 3.63) is 39.8 Å². The van der Waals surface area contributed by atoms with Gasteiger partial charge in [-0.1, -0.05) is 13.8 Å². The number of nitrogens with zero attached hydrogens (tertiary/aromatic N) is 3. The molecule has 36 heavy (non-hydrogen) atoms. The highest BCUT2D eigenvalue weighted by molar-refractivity contribution is 7.89. The summed E-state index contributed by atoms with van der Waals surface area (Å²) in [6.45, 7) is 6.23. The van der Waals surface area contributed by atoms with Crippen LogP contribution in [-0.2, 0) is 21.4 Å². The van der Waals surface area contributed by atoms with E-state index in [1.165, 1.54) is 36.2 Å². The summed E-state index contributed by atoms with van der Waals surface area (Å²) in [6.07, 6.45) is 2.23. The maximum absolute atomic E-state index is 13.7. The van der Waals surface area contributed by atoms with E-state index in [-0.39, 0.29) is 28.7 Å². The fraction of sp³-hybridized carbons (Fsp3) is 0.458. The number of nitrogens with one attached hydrogen (secondary N) is 1. The summed E-state index contributed by atoms with van der Waals surface area (Å²) in [6, 6.07) is 4.91. The van der Waals surface area contributed by atoms with E-state index in [9.17, 15) is 18.0 Å². The molecule has 2 atom stereocenters. The second-order valence-corrected chi connectivity index (χ2v) is 12.3. The van der Waals surface area contributed by atoms with Crippen LogP contribution < -0.4 is 20.3 Å². The molecule has 0 bridgehead atoms. The van der Waals surface area contributed by atoms with Gasteiger partial charge >= 0.3 is 0 Å². The van der Waals surface area contributed by atoms with E-state index in [4.69, 9.17) is 9.47 Å². The zero-order valence-electron chi connectivity index (χ0n) is 20.9. The van der Waals surface area contributed by atoms with Crippen molar-refractivity contribution in [3.8, 4) is 11.5 Å². The molecule has 1 saturated heterocycles. The molecule has 1 aromatic carbocycles. The van der Waals surface area contributed by atoms with Crippen LogP contribution in [0.4, 0.5) is 5.69 Å². The fourth-order valence-electron chi connectivity index (χ4n) is 4.74. The molecule has 4 rings (SSSR count). The van der Waals surface area contributed by atoms with Crippen molar-refractivity contribution >= 4 is 43.2 Å². The Balaban J connectivity index is 1.65. The Morgan fingerprint density at radius 1 is 1.17 bits per heavy atom. The van der Waals surface area contributed by atoms with Gasteiger partial charge in [0.15, 0.2) is 11.5 Å². The maximum atomic E-state index is 13.7. The highest BCUT2D eigenvalue weighted by atomic mass is 32.2. The molecule has 0 radical (unpaired) electrons. The Morgan fingerprint density at radius 2 is 1.83 bits per heavy atom. The Kier molecular flexibility index (Phi) is 7.39. The number of hydrogen-bond donors (Lipinski definition) is 1. The standard InChI is InChI=1S/C24H30N4O6S2/c1-14-8-15(2)11-28(10-14)36(31,32)22-16(3)35-23-21(22)24(30)27(13-25-23)12-20(29)26-17-6-7-18(33-4)19(9-17)34-5/h6-7,9,13-15H,8,10-12H2,1-5H3,(H,26,29)/t14-,15-/m0/s1. The molecule has 3 aromatic rings. The normalized spacial score (nSPS) is 18.8. The molecular weight excluding hydrogens is 504 g/mol. The quantitative estimate of drug-likeness (QED) is 0.495. The molecule has 12 heteroatoms. The first kappa shape index (κ1) is 26.1. The fourth-order valence-corrected chi connectivity index (χ4v) is 8.08. The van der Waals surface area contributed by atoms with Crippen LogP contribution in [0, 0.1) is 18.8 Å². The summed E-state index contributed by atoms with van der Waals surface area (Å²) in [5.74, 6) is 0.939. The number of fused-ring (bicyclic) bond motifs is 1. The number of amides is 1. The third-order valence-corrected chi connectivity index (χ3v) is 9.36. The Morgan fingerprint density at radius 3 is 2.47 bits per heavy atom. The lowest BCUT2D eigenvalue weighted by Gasteiger charge is -2.34. The number of hydrogen-bond acceptors (Lipinski definition) is 8. The van der Waals surface area contributed by atoms with Crippen molar-refractivity contribution in [2.45, 2.75) is 38.6 Å². The second kappa shape index (κ2) is 10.2. The summed E-state index contributed by atoms with van der Waals surface area (Å²) in [5.41, 5.74) is -0.105. The van der Waals surface area contributed by atoms with Crippen molar-refractivity contribution in [1.29, 1.82) is 0 Å². The summed E-state index contributed by atoms with van der Waals surface area (Å²) in [4.78, 5) is 31.3. The zero-order chi connectivity index (χ0) is 26.2. The topological polar surface area (TPSA) is 120 Å². The maximum Gasteiger partial charge on any atom is 0.263 e. The summed E-state index contributed by atoms with van der Waals surface area (Å²) in [7, 11) is -0.906. The molecular formula is C24H30N4O6S2. The number of aromatic nitrogens is 2. The lowest BCUT2D eigenvalue weighted by molar-refractivity contribution is -0.116. The average molecular weight is 535 g/mol. The van der Waals surface area contributed by atoms with Gasteiger partial charge in [-0.3, -0.25) is 14.2 Å². The number of carbonyl (C=O) groups is 1. The first-order valence-electron chi connectivity index (χ1n) is 11.6. The molecule has 1 amide bonds. The van der Waals surface area contributed by atoms with Crippen LogP contribution in [0.3, 0.4) is 0 Å². The number of aryl methyl sites for hydroxylation is 1. The molecule has 1 aliphatic heterocycles. The second-order valence-electron chi connectivity index (χ2n) is 9.23. The molecule has 194 valence electrons. The number of benzene rings is 1. The summed E-state index contributed by atoms with van der Waals surface area (Å²) < 4.78 is 40.4. The SMILES string of the molecule is COc1ccc(NC(=O)Cn2cnc3sc(C)c(S(=O)(=O)N4C[C@@H](C)C[C@H](C)C4)c3c2=O)cc1OC. The van der Waals surface area contributed by atoms with Crippen molar-refractivity contribution in [2.75, 3.05) is 32.6 Å². The first-order valence-corrected chi connectivity index (χ1v) is 13.8. The van der Waals surface area contributed by atoms with E-state index in [0.717, 1.165) is 11.0 Å². The molecule has 0 spiro atoms. The highest BCUT2D eigenvalue weighted by Gasteiger charge is 2.35. The van der Waals surface area contributed by atoms with Gasteiger partial charge in [0.25, 0.3) is 5.56 Å². The molecule has 3 heterocycles. The number of sulfonamides is 1. The van der Waals surface area contributed by atoms with E-state index in [1.54, 1.807) is 25.1 Å². The number of rotatable bonds is 7. The van der Waals surface area contributed by atoms with Gasteiger partial charge in [-0.05, 0) is 37.3 Å². The smallest absolute Gasteiger partial charge is 0.263 e. The molecule has 0 aliphatic carbocycles. The Hall–Kier alpha value is -2.96. The van der Waals surface area contributed by atoms with Gasteiger partial charge in [-0.15, -0.1) is 11.3 Å². The van der Waals surface area contributed by atoms with Gasteiger partial charge in [0, 0.05) is 29.7 Å². The monoisotopic (exact) mass is 534 g/mol. The number of piperidine rings is 1. The molecule has 1 fully saturated rings. The number of methoxy groups -OCH3 is 2. The van der Waals surface area contributed by atoms with Crippen LogP contribution in [-0.4, -0.2) is 55.5 Å². The van der Waals surface area contributed by atoms with Crippen LogP contribution in [0.25, 0.3) is 10.2 Å². The van der Waals surface area contributed by atoms with Crippen molar-refractivity contribution in [2.24, 2.45) is 11.8 Å². The number of carbonyl (C=O) groups excluding carboxylic acids is 1. The molecule has 1 aliphatic rings. The van der Waals surface area contributed by atoms with Gasteiger partial charge in [-0.2, -0.15) is 4.31 Å². The van der Waals surface area contributed by atoms with Crippen molar-refractivity contribution in [1.82, 2.24) is 13.9 Å². The Bertz CT molecular complexity index is 1450. The third kappa shape index (κ3) is 4.97. The minimum atomic E-state index is -3.91. The van der Waals surface area contributed by atoms with Crippen LogP contribution in [0.1, 0.15) is 25.1 Å². The van der Waals surface area contributed by atoms with Crippen molar-refractivity contribution in [3.63, 3.8) is 0 Å². The van der Waals surface area contributed by atoms with E-state index >= 15 is 0 Å². The van der Waals surface area contributed by atoms with Crippen LogP contribution in [0.5, 0.6) is 11.5 Å². The van der Waals surface area contributed by atoms with Gasteiger partial charge in [-0.25, -0.2) is 13.4 Å². The van der Waals surface area contributed by atoms with E-state index in [2.05, 4.69) is 10.3 Å². The molecule has 10 nitrogen and oxygen atoms in total. The lowest BCUT2D eigenvalue weighted by atomic mass is 9.94. The number of anilines is 1. The zero-order valence-corrected chi connectivity index (χ0v) is 22.5. The number of thiophene rings is 1. The molecule has 0 unspecified atom stereocenters. The largest absolute Gasteiger partial charge is 0.493 e. The van der Waals surface area contributed by atoms with Gasteiger partial charge < -0.3 is 14.8 Å². The number of ether oxygens (including phenoxy) is 2. The lowest BCUT2D eigenvalue weighted by Crippen LogP contribution is -2.42. The summed E-state index contributed by atoms with van der Waals surface area (Å²) in [5, 5.41) is 2.75. The van der Waals surface area contributed by atoms with Crippen LogP contribution in [0.2, 0.25) is 0 Å². The third-order valence-electron chi connectivity index (χ3n) is 6.21. The average Bonchev–Trinajstić information content (AvgIpc) is 3.17. The minimum absolute atomic E-state index is 0.00375. The highest BCUT2D eigenvalue weighted by Crippen LogP contribution is 2.35. The van der Waals surface area contributed by atoms with Crippen molar-refractivity contribution < 1.29 is 22.7 Å². The molecule has 1 N–H and O–H groups in total. The van der Waals surface area contributed by atoms with Gasteiger partial charge in [0.05, 0.1) is 25.9 Å². The molecule has 0 saturated carbocycles. The summed E-state index contributed by atoms with van der Waals surface area (Å²) >= 11 is 1.17.